The molecule has 0 aliphatic carbocycles. The van der Waals surface area contributed by atoms with E-state index in [2.05, 4.69) is 22.5 Å². The summed E-state index contributed by atoms with van der Waals surface area (Å²) in [6.45, 7) is 3.58. The highest BCUT2D eigenvalue weighted by atomic mass is 79.9. The first kappa shape index (κ1) is 9.49. The van der Waals surface area contributed by atoms with Crippen LogP contribution in [0, 0.1) is 0 Å². The van der Waals surface area contributed by atoms with Gasteiger partial charge in [0.05, 0.1) is 6.10 Å². The number of hydrogen-bond donors (Lipinski definition) is 1. The molecule has 1 N–H and O–H groups in total. The third-order valence-corrected chi connectivity index (χ3v) is 2.38. The van der Waals surface area contributed by atoms with E-state index in [0.717, 1.165) is 10.0 Å². The Morgan fingerprint density at radius 2 is 2.17 bits per heavy atom. The Labute approximate surface area is 80.9 Å². The number of halogens is 1. The summed E-state index contributed by atoms with van der Waals surface area (Å²) < 4.78 is 0.944. The summed E-state index contributed by atoms with van der Waals surface area (Å²) in [5.41, 5.74) is 0.914. The Balaban J connectivity index is 2.86. The van der Waals surface area contributed by atoms with E-state index in [1.807, 2.05) is 24.3 Å². The fraction of sp³-hybridized carbons (Fsp3) is 0.200. The van der Waals surface area contributed by atoms with Crippen LogP contribution in [0.5, 0.6) is 0 Å². The van der Waals surface area contributed by atoms with Gasteiger partial charge in [-0.05, 0) is 18.1 Å². The van der Waals surface area contributed by atoms with Crippen molar-refractivity contribution >= 4 is 15.9 Å². The first-order valence-corrected chi connectivity index (χ1v) is 4.58. The molecule has 0 saturated carbocycles. The lowest BCUT2D eigenvalue weighted by molar-refractivity contribution is 0.181. The minimum Gasteiger partial charge on any atom is -0.388 e. The van der Waals surface area contributed by atoms with Crippen LogP contribution >= 0.6 is 15.9 Å². The van der Waals surface area contributed by atoms with E-state index in [4.69, 9.17) is 0 Å². The van der Waals surface area contributed by atoms with Gasteiger partial charge in [-0.2, -0.15) is 0 Å². The third kappa shape index (κ3) is 2.19. The predicted molar refractivity (Wildman–Crippen MR) is 53.9 cm³/mol. The van der Waals surface area contributed by atoms with Crippen LogP contribution < -0.4 is 0 Å². The van der Waals surface area contributed by atoms with Crippen LogP contribution in [0.25, 0.3) is 0 Å². The summed E-state index contributed by atoms with van der Waals surface area (Å²) in [5.74, 6) is 0. The van der Waals surface area contributed by atoms with Crippen molar-refractivity contribution in [2.75, 3.05) is 0 Å². The smallest absolute Gasteiger partial charge is 0.0835 e. The van der Waals surface area contributed by atoms with E-state index in [1.54, 1.807) is 6.08 Å². The van der Waals surface area contributed by atoms with Crippen molar-refractivity contribution in [2.24, 2.45) is 0 Å². The van der Waals surface area contributed by atoms with E-state index in [1.165, 1.54) is 0 Å². The summed E-state index contributed by atoms with van der Waals surface area (Å²) in [7, 11) is 0. The molecule has 12 heavy (non-hydrogen) atoms. The van der Waals surface area contributed by atoms with Crippen LogP contribution in [0.15, 0.2) is 41.4 Å². The van der Waals surface area contributed by atoms with Crippen LogP contribution in [-0.4, -0.2) is 5.11 Å². The van der Waals surface area contributed by atoms with Crippen molar-refractivity contribution in [3.63, 3.8) is 0 Å². The lowest BCUT2D eigenvalue weighted by Gasteiger charge is -2.09. The normalized spacial score (nSPS) is 12.5. The van der Waals surface area contributed by atoms with Gasteiger partial charge in [0.2, 0.25) is 0 Å². The molecule has 2 heteroatoms. The molecular weight excluding hydrogens is 216 g/mol. The molecule has 0 aliphatic rings. The van der Waals surface area contributed by atoms with E-state index in [-0.39, 0.29) is 0 Å². The number of rotatable bonds is 3. The quantitative estimate of drug-likeness (QED) is 0.786. The molecule has 0 fully saturated rings. The molecule has 64 valence electrons. The summed E-state index contributed by atoms with van der Waals surface area (Å²) in [6.07, 6.45) is 1.85. The van der Waals surface area contributed by atoms with Gasteiger partial charge >= 0.3 is 0 Å². The monoisotopic (exact) mass is 226 g/mol. The highest BCUT2D eigenvalue weighted by molar-refractivity contribution is 9.10. The molecule has 0 aromatic heterocycles. The Bertz CT molecular complexity index is 270. The topological polar surface area (TPSA) is 20.2 Å². The van der Waals surface area contributed by atoms with Crippen molar-refractivity contribution in [3.8, 4) is 0 Å². The highest BCUT2D eigenvalue weighted by Crippen LogP contribution is 2.24. The molecule has 1 nitrogen and oxygen atoms in total. The van der Waals surface area contributed by atoms with Gasteiger partial charge in [-0.15, -0.1) is 6.58 Å². The summed E-state index contributed by atoms with van der Waals surface area (Å²) in [6, 6.07) is 7.65. The number of benzene rings is 1. The molecule has 1 aromatic carbocycles. The Hall–Kier alpha value is -0.600. The second-order valence-electron chi connectivity index (χ2n) is 2.56. The van der Waals surface area contributed by atoms with Crippen LogP contribution in [0.1, 0.15) is 18.1 Å². The van der Waals surface area contributed by atoms with Gasteiger partial charge in [-0.25, -0.2) is 0 Å². The molecule has 0 saturated heterocycles. The zero-order chi connectivity index (χ0) is 8.97. The van der Waals surface area contributed by atoms with Gasteiger partial charge in [0.25, 0.3) is 0 Å². The minimum atomic E-state index is -0.446. The van der Waals surface area contributed by atoms with Crippen molar-refractivity contribution in [1.29, 1.82) is 0 Å². The van der Waals surface area contributed by atoms with Gasteiger partial charge in [0, 0.05) is 4.47 Å². The summed E-state index contributed by atoms with van der Waals surface area (Å²) in [5, 5.41) is 9.60. The van der Waals surface area contributed by atoms with Crippen molar-refractivity contribution < 1.29 is 5.11 Å². The molecule has 1 rings (SSSR count). The van der Waals surface area contributed by atoms with Crippen LogP contribution in [0.4, 0.5) is 0 Å². The van der Waals surface area contributed by atoms with E-state index in [0.29, 0.717) is 6.42 Å². The minimum absolute atomic E-state index is 0.446. The zero-order valence-corrected chi connectivity index (χ0v) is 8.29. The van der Waals surface area contributed by atoms with Gasteiger partial charge in [0.15, 0.2) is 0 Å². The van der Waals surface area contributed by atoms with Crippen LogP contribution in [0.3, 0.4) is 0 Å². The Morgan fingerprint density at radius 3 is 2.75 bits per heavy atom. The largest absolute Gasteiger partial charge is 0.388 e. The van der Waals surface area contributed by atoms with Gasteiger partial charge in [0.1, 0.15) is 0 Å². The number of hydrogen-bond acceptors (Lipinski definition) is 1. The predicted octanol–water partition coefficient (Wildman–Crippen LogP) is 3.06. The second kappa shape index (κ2) is 4.43. The lowest BCUT2D eigenvalue weighted by Crippen LogP contribution is -1.95. The molecule has 1 aromatic rings. The SMILES string of the molecule is C=CC[C@@H](O)c1ccccc1Br. The van der Waals surface area contributed by atoms with Crippen LogP contribution in [-0.2, 0) is 0 Å². The van der Waals surface area contributed by atoms with Crippen molar-refractivity contribution in [3.05, 3.63) is 47.0 Å². The molecule has 0 radical (unpaired) electrons. The standard InChI is InChI=1S/C10H11BrO/c1-2-5-10(12)8-6-3-4-7-9(8)11/h2-4,6-7,10,12H,1,5H2/t10-/m1/s1. The summed E-state index contributed by atoms with van der Waals surface area (Å²) >= 11 is 3.37. The maximum atomic E-state index is 9.60. The van der Waals surface area contributed by atoms with E-state index >= 15 is 0 Å². The maximum absolute atomic E-state index is 9.60. The van der Waals surface area contributed by atoms with Crippen molar-refractivity contribution in [2.45, 2.75) is 12.5 Å². The van der Waals surface area contributed by atoms with Crippen molar-refractivity contribution in [1.82, 2.24) is 0 Å². The first-order chi connectivity index (χ1) is 5.75. The first-order valence-electron chi connectivity index (χ1n) is 3.79. The molecule has 0 unspecified atom stereocenters. The molecule has 0 spiro atoms. The molecule has 0 aliphatic heterocycles. The van der Waals surface area contributed by atoms with Gasteiger partial charge in [-0.1, -0.05) is 40.2 Å². The second-order valence-corrected chi connectivity index (χ2v) is 3.42. The maximum Gasteiger partial charge on any atom is 0.0835 e. The number of aliphatic hydroxyl groups excluding tert-OH is 1. The molecule has 0 heterocycles. The third-order valence-electron chi connectivity index (χ3n) is 1.65. The molecule has 0 amide bonds. The average Bonchev–Trinajstić information content (AvgIpc) is 2.05. The number of aliphatic hydroxyl groups is 1. The average molecular weight is 227 g/mol. The lowest BCUT2D eigenvalue weighted by atomic mass is 10.1. The van der Waals surface area contributed by atoms with Gasteiger partial charge < -0.3 is 5.11 Å². The Kier molecular flexibility index (Phi) is 3.50. The fourth-order valence-electron chi connectivity index (χ4n) is 1.03. The van der Waals surface area contributed by atoms with Crippen LogP contribution in [0.2, 0.25) is 0 Å². The molecular formula is C10H11BrO. The molecule has 0 bridgehead atoms. The highest BCUT2D eigenvalue weighted by Gasteiger charge is 2.07. The Morgan fingerprint density at radius 1 is 1.50 bits per heavy atom. The fourth-order valence-corrected chi connectivity index (χ4v) is 1.58. The van der Waals surface area contributed by atoms with E-state index in [9.17, 15) is 5.11 Å². The summed E-state index contributed by atoms with van der Waals surface area (Å²) in [4.78, 5) is 0. The molecule has 1 atom stereocenters. The van der Waals surface area contributed by atoms with Gasteiger partial charge in [-0.3, -0.25) is 0 Å². The zero-order valence-electron chi connectivity index (χ0n) is 6.70. The van der Waals surface area contributed by atoms with E-state index < -0.39 is 6.10 Å².